The highest BCUT2D eigenvalue weighted by atomic mass is 32.1. The second-order valence-electron chi connectivity index (χ2n) is 4.71. The number of nitrogens with one attached hydrogen (secondary N) is 1. The average molecular weight is 305 g/mol. The van der Waals surface area contributed by atoms with E-state index in [0.29, 0.717) is 12.4 Å². The highest BCUT2D eigenvalue weighted by Crippen LogP contribution is 2.16. The summed E-state index contributed by atoms with van der Waals surface area (Å²) in [6, 6.07) is 3.20. The first-order valence-electron chi connectivity index (χ1n) is 7.04. The van der Waals surface area contributed by atoms with Crippen LogP contribution in [0.1, 0.15) is 46.2 Å². The number of carbonyl (C=O) groups is 1. The Balaban J connectivity index is 2.12. The van der Waals surface area contributed by atoms with Gasteiger partial charge in [-0.1, -0.05) is 20.3 Å². The molecule has 2 aromatic rings. The highest BCUT2D eigenvalue weighted by Gasteiger charge is 2.09. The molecule has 112 valence electrons. The van der Waals surface area contributed by atoms with Crippen LogP contribution in [-0.4, -0.2) is 21.0 Å². The molecule has 0 aromatic carbocycles. The first kappa shape index (κ1) is 15.4. The normalized spacial score (nSPS) is 10.6. The molecule has 0 aliphatic heterocycles. The Morgan fingerprint density at radius 2 is 2.19 bits per heavy atom. The summed E-state index contributed by atoms with van der Waals surface area (Å²) in [6.07, 6.45) is 4.56. The van der Waals surface area contributed by atoms with Gasteiger partial charge in [0.2, 0.25) is 0 Å². The van der Waals surface area contributed by atoms with Crippen LogP contribution >= 0.6 is 11.3 Å². The van der Waals surface area contributed by atoms with Gasteiger partial charge in [0.05, 0.1) is 12.1 Å². The van der Waals surface area contributed by atoms with Crippen molar-refractivity contribution in [3.05, 3.63) is 39.5 Å². The summed E-state index contributed by atoms with van der Waals surface area (Å²) in [6.45, 7) is 4.70. The Kier molecular flexibility index (Phi) is 5.27. The average Bonchev–Trinajstić information content (AvgIpc) is 2.93. The van der Waals surface area contributed by atoms with Gasteiger partial charge in [0.1, 0.15) is 10.8 Å². The van der Waals surface area contributed by atoms with Crippen LogP contribution in [-0.2, 0) is 19.4 Å². The van der Waals surface area contributed by atoms with E-state index in [4.69, 9.17) is 5.11 Å². The Morgan fingerprint density at radius 1 is 1.38 bits per heavy atom. The molecule has 0 aliphatic rings. The van der Waals surface area contributed by atoms with Gasteiger partial charge in [0, 0.05) is 16.8 Å². The van der Waals surface area contributed by atoms with Crippen LogP contribution in [0.4, 0.5) is 5.82 Å². The van der Waals surface area contributed by atoms with Crippen molar-refractivity contribution >= 4 is 23.1 Å². The van der Waals surface area contributed by atoms with Crippen LogP contribution in [0.15, 0.2) is 18.3 Å². The molecule has 6 heteroatoms. The van der Waals surface area contributed by atoms with Gasteiger partial charge in [0.25, 0.3) is 0 Å². The van der Waals surface area contributed by atoms with Crippen molar-refractivity contribution in [3.8, 4) is 0 Å². The fraction of sp³-hybridized carbons (Fsp3) is 0.400. The van der Waals surface area contributed by atoms with Crippen molar-refractivity contribution in [2.75, 3.05) is 5.32 Å². The number of aryl methyl sites for hydroxylation is 2. The Morgan fingerprint density at radius 3 is 2.81 bits per heavy atom. The van der Waals surface area contributed by atoms with E-state index < -0.39 is 5.97 Å². The maximum Gasteiger partial charge on any atom is 0.335 e. The summed E-state index contributed by atoms with van der Waals surface area (Å²) in [7, 11) is 0. The predicted molar refractivity (Wildman–Crippen MR) is 84.0 cm³/mol. The lowest BCUT2D eigenvalue weighted by atomic mass is 10.1. The molecule has 2 aromatic heterocycles. The minimum Gasteiger partial charge on any atom is -0.478 e. The van der Waals surface area contributed by atoms with Gasteiger partial charge < -0.3 is 10.4 Å². The number of hydrogen-bond acceptors (Lipinski definition) is 5. The molecular weight excluding hydrogens is 286 g/mol. The van der Waals surface area contributed by atoms with Gasteiger partial charge in [-0.2, -0.15) is 0 Å². The number of pyridine rings is 1. The van der Waals surface area contributed by atoms with Crippen LogP contribution in [0.3, 0.4) is 0 Å². The fourth-order valence-corrected chi connectivity index (χ4v) is 2.75. The molecule has 21 heavy (non-hydrogen) atoms. The molecule has 0 saturated heterocycles. The van der Waals surface area contributed by atoms with Crippen molar-refractivity contribution in [2.24, 2.45) is 0 Å². The van der Waals surface area contributed by atoms with E-state index in [1.54, 1.807) is 23.5 Å². The molecule has 2 rings (SSSR count). The van der Waals surface area contributed by atoms with Crippen molar-refractivity contribution in [1.29, 1.82) is 0 Å². The lowest BCUT2D eigenvalue weighted by molar-refractivity contribution is 0.0696. The van der Waals surface area contributed by atoms with E-state index in [2.05, 4.69) is 22.2 Å². The standard InChI is InChI=1S/C15H19N3O2S/c1-3-5-11-6-10(15(19)20)7-13(18-11)16-9-14-17-8-12(4-2)21-14/h6-8H,3-5,9H2,1-2H3,(H,16,18)(H,19,20). The summed E-state index contributed by atoms with van der Waals surface area (Å²) in [4.78, 5) is 21.2. The van der Waals surface area contributed by atoms with Crippen LogP contribution < -0.4 is 5.32 Å². The number of hydrogen-bond donors (Lipinski definition) is 2. The van der Waals surface area contributed by atoms with Gasteiger partial charge in [-0.3, -0.25) is 0 Å². The first-order chi connectivity index (χ1) is 10.1. The zero-order valence-corrected chi connectivity index (χ0v) is 13.0. The van der Waals surface area contributed by atoms with Crippen molar-refractivity contribution in [2.45, 2.75) is 39.7 Å². The van der Waals surface area contributed by atoms with Gasteiger partial charge in [-0.05, 0) is 25.0 Å². The molecule has 0 unspecified atom stereocenters. The molecule has 0 spiro atoms. The molecule has 0 atom stereocenters. The molecule has 0 amide bonds. The largest absolute Gasteiger partial charge is 0.478 e. The summed E-state index contributed by atoms with van der Waals surface area (Å²) < 4.78 is 0. The smallest absolute Gasteiger partial charge is 0.335 e. The third-order valence-electron chi connectivity index (χ3n) is 3.00. The van der Waals surface area contributed by atoms with Gasteiger partial charge >= 0.3 is 5.97 Å². The summed E-state index contributed by atoms with van der Waals surface area (Å²) in [5, 5.41) is 13.3. The molecule has 2 heterocycles. The van der Waals surface area contributed by atoms with E-state index >= 15 is 0 Å². The Bertz CT molecular complexity index is 625. The number of carboxylic acid groups (broad SMARTS) is 1. The zero-order chi connectivity index (χ0) is 15.2. The van der Waals surface area contributed by atoms with Gasteiger partial charge in [-0.25, -0.2) is 14.8 Å². The number of anilines is 1. The van der Waals surface area contributed by atoms with E-state index in [-0.39, 0.29) is 5.56 Å². The minimum absolute atomic E-state index is 0.268. The van der Waals surface area contributed by atoms with Crippen molar-refractivity contribution in [1.82, 2.24) is 9.97 Å². The predicted octanol–water partition coefficient (Wildman–Crippen LogP) is 3.36. The number of thiazole rings is 1. The van der Waals surface area contributed by atoms with E-state index in [0.717, 1.165) is 30.0 Å². The number of rotatable bonds is 7. The van der Waals surface area contributed by atoms with E-state index in [1.165, 1.54) is 4.88 Å². The fourth-order valence-electron chi connectivity index (χ4n) is 1.95. The Labute approximate surface area is 128 Å². The summed E-state index contributed by atoms with van der Waals surface area (Å²) in [5.41, 5.74) is 1.07. The molecule has 0 radical (unpaired) electrons. The molecule has 5 nitrogen and oxygen atoms in total. The third kappa shape index (κ3) is 4.26. The molecule has 0 fully saturated rings. The van der Waals surface area contributed by atoms with Crippen molar-refractivity contribution in [3.63, 3.8) is 0 Å². The molecule has 0 bridgehead atoms. The van der Waals surface area contributed by atoms with Crippen LogP contribution in [0, 0.1) is 0 Å². The number of aromatic carboxylic acids is 1. The van der Waals surface area contributed by atoms with Crippen LogP contribution in [0.5, 0.6) is 0 Å². The molecule has 0 aliphatic carbocycles. The van der Waals surface area contributed by atoms with Crippen molar-refractivity contribution < 1.29 is 9.90 Å². The second-order valence-corrected chi connectivity index (χ2v) is 5.91. The maximum atomic E-state index is 11.2. The van der Waals surface area contributed by atoms with Crippen LogP contribution in [0.25, 0.3) is 0 Å². The lowest BCUT2D eigenvalue weighted by Crippen LogP contribution is -2.06. The quantitative estimate of drug-likeness (QED) is 0.820. The minimum atomic E-state index is -0.930. The highest BCUT2D eigenvalue weighted by molar-refractivity contribution is 7.11. The van der Waals surface area contributed by atoms with Gasteiger partial charge in [-0.15, -0.1) is 11.3 Å². The molecular formula is C15H19N3O2S. The maximum absolute atomic E-state index is 11.2. The molecule has 2 N–H and O–H groups in total. The summed E-state index contributed by atoms with van der Waals surface area (Å²) >= 11 is 1.66. The summed E-state index contributed by atoms with van der Waals surface area (Å²) in [5.74, 6) is -0.341. The zero-order valence-electron chi connectivity index (χ0n) is 12.2. The van der Waals surface area contributed by atoms with E-state index in [1.807, 2.05) is 13.1 Å². The lowest BCUT2D eigenvalue weighted by Gasteiger charge is -2.07. The van der Waals surface area contributed by atoms with Gasteiger partial charge in [0.15, 0.2) is 0 Å². The van der Waals surface area contributed by atoms with Crippen LogP contribution in [0.2, 0.25) is 0 Å². The Hall–Kier alpha value is -1.95. The molecule has 0 saturated carbocycles. The monoisotopic (exact) mass is 305 g/mol. The third-order valence-corrected chi connectivity index (χ3v) is 4.14. The van der Waals surface area contributed by atoms with E-state index in [9.17, 15) is 4.79 Å². The second kappa shape index (κ2) is 7.17. The first-order valence-corrected chi connectivity index (χ1v) is 7.85. The number of aromatic nitrogens is 2. The SMILES string of the molecule is CCCc1cc(C(=O)O)cc(NCc2ncc(CC)s2)n1. The topological polar surface area (TPSA) is 75.1 Å². The number of carboxylic acids is 1. The number of nitrogens with zero attached hydrogens (tertiary/aromatic N) is 2.